The largest absolute Gasteiger partial charge is 0.451 e. The molecule has 11 heteroatoms. The number of alkyl halides is 3. The Bertz CT molecular complexity index is 1100. The summed E-state index contributed by atoms with van der Waals surface area (Å²) in [5, 5.41) is -0.723. The Labute approximate surface area is 157 Å². The van der Waals surface area contributed by atoms with Gasteiger partial charge in [-0.1, -0.05) is 11.6 Å². The van der Waals surface area contributed by atoms with Crippen LogP contribution in [0.4, 0.5) is 13.2 Å². The SMILES string of the molecule is CCn1c(C(C)S(=O)(=O)c2ccc(Cl)cc2)nc2cnc(C(F)(F)F)nc21. The Morgan fingerprint density at radius 2 is 1.81 bits per heavy atom. The number of benzene rings is 1. The number of sulfone groups is 1. The number of hydrogen-bond acceptors (Lipinski definition) is 5. The van der Waals surface area contributed by atoms with Gasteiger partial charge in [-0.2, -0.15) is 13.2 Å². The van der Waals surface area contributed by atoms with Gasteiger partial charge in [0.1, 0.15) is 16.6 Å². The maximum Gasteiger partial charge on any atom is 0.451 e. The summed E-state index contributed by atoms with van der Waals surface area (Å²) in [7, 11) is -3.84. The summed E-state index contributed by atoms with van der Waals surface area (Å²) in [6, 6.07) is 5.64. The lowest BCUT2D eigenvalue weighted by Gasteiger charge is -2.14. The molecule has 0 radical (unpaired) electrons. The Morgan fingerprint density at radius 3 is 2.37 bits per heavy atom. The fourth-order valence-corrected chi connectivity index (χ4v) is 4.17. The van der Waals surface area contributed by atoms with Crippen molar-refractivity contribution in [2.24, 2.45) is 0 Å². The maximum absolute atomic E-state index is 12.9. The molecule has 144 valence electrons. The van der Waals surface area contributed by atoms with Crippen molar-refractivity contribution in [2.45, 2.75) is 36.7 Å². The molecule has 0 N–H and O–H groups in total. The van der Waals surface area contributed by atoms with Gasteiger partial charge < -0.3 is 4.57 Å². The van der Waals surface area contributed by atoms with E-state index in [0.29, 0.717) is 5.02 Å². The highest BCUT2D eigenvalue weighted by Gasteiger charge is 2.36. The highest BCUT2D eigenvalue weighted by Crippen LogP contribution is 2.32. The van der Waals surface area contributed by atoms with Crippen LogP contribution in [0, 0.1) is 0 Å². The molecule has 0 spiro atoms. The highest BCUT2D eigenvalue weighted by molar-refractivity contribution is 7.91. The molecule has 0 bridgehead atoms. The van der Waals surface area contributed by atoms with E-state index in [1.165, 1.54) is 35.8 Å². The Morgan fingerprint density at radius 1 is 1.19 bits per heavy atom. The van der Waals surface area contributed by atoms with Crippen molar-refractivity contribution in [1.82, 2.24) is 19.5 Å². The smallest absolute Gasteiger partial charge is 0.312 e. The zero-order chi connectivity index (χ0) is 20.0. The van der Waals surface area contributed by atoms with E-state index in [4.69, 9.17) is 11.6 Å². The third kappa shape index (κ3) is 3.51. The predicted octanol–water partition coefficient (Wildman–Crippen LogP) is 4.05. The van der Waals surface area contributed by atoms with Gasteiger partial charge in [-0.05, 0) is 38.1 Å². The number of nitrogens with zero attached hydrogens (tertiary/aromatic N) is 4. The maximum atomic E-state index is 12.9. The van der Waals surface area contributed by atoms with E-state index in [0.717, 1.165) is 6.20 Å². The molecule has 1 unspecified atom stereocenters. The standard InChI is InChI=1S/C16H14ClF3N4O2S/c1-3-24-13(9(2)27(25,26)11-6-4-10(17)5-7-11)22-12-8-21-15(16(18,19)20)23-14(12)24/h4-9H,3H2,1-2H3. The molecule has 2 heterocycles. The molecule has 2 aromatic heterocycles. The van der Waals surface area contributed by atoms with E-state index in [9.17, 15) is 21.6 Å². The number of halogens is 4. The van der Waals surface area contributed by atoms with E-state index in [-0.39, 0.29) is 28.4 Å². The average Bonchev–Trinajstić information content (AvgIpc) is 2.98. The number of rotatable bonds is 4. The number of fused-ring (bicyclic) bond motifs is 1. The summed E-state index contributed by atoms with van der Waals surface area (Å²) in [6.45, 7) is 3.29. The minimum atomic E-state index is -4.71. The van der Waals surface area contributed by atoms with Crippen LogP contribution >= 0.6 is 11.6 Å². The van der Waals surface area contributed by atoms with E-state index < -0.39 is 27.1 Å². The van der Waals surface area contributed by atoms with Crippen LogP contribution in [-0.4, -0.2) is 27.9 Å². The van der Waals surface area contributed by atoms with Gasteiger partial charge in [0.05, 0.1) is 11.1 Å². The number of hydrogen-bond donors (Lipinski definition) is 0. The molecule has 0 aliphatic rings. The number of aryl methyl sites for hydroxylation is 1. The molecule has 6 nitrogen and oxygen atoms in total. The van der Waals surface area contributed by atoms with Crippen LogP contribution in [0.1, 0.15) is 30.7 Å². The van der Waals surface area contributed by atoms with Crippen molar-refractivity contribution in [2.75, 3.05) is 0 Å². The summed E-state index contributed by atoms with van der Waals surface area (Å²) in [5.41, 5.74) is 0.0333. The molecule has 1 atom stereocenters. The van der Waals surface area contributed by atoms with E-state index >= 15 is 0 Å². The number of aromatic nitrogens is 4. The first kappa shape index (κ1) is 19.6. The fourth-order valence-electron chi connectivity index (χ4n) is 2.66. The van der Waals surface area contributed by atoms with Gasteiger partial charge >= 0.3 is 6.18 Å². The summed E-state index contributed by atoms with van der Waals surface area (Å²) in [6.07, 6.45) is -3.76. The lowest BCUT2D eigenvalue weighted by molar-refractivity contribution is -0.144. The first-order chi connectivity index (χ1) is 12.6. The second kappa shape index (κ2) is 6.75. The molecule has 0 aliphatic carbocycles. The van der Waals surface area contributed by atoms with Crippen LogP contribution in [-0.2, 0) is 22.6 Å². The van der Waals surface area contributed by atoms with Crippen molar-refractivity contribution < 1.29 is 21.6 Å². The van der Waals surface area contributed by atoms with Crippen molar-refractivity contribution in [3.63, 3.8) is 0 Å². The van der Waals surface area contributed by atoms with E-state index in [2.05, 4.69) is 15.0 Å². The molecule has 27 heavy (non-hydrogen) atoms. The second-order valence-corrected chi connectivity index (χ2v) is 8.46. The molecule has 0 aliphatic heterocycles. The third-order valence-corrected chi connectivity index (χ3v) is 6.38. The van der Waals surface area contributed by atoms with E-state index in [1.54, 1.807) is 6.92 Å². The molecular formula is C16H14ClF3N4O2S. The zero-order valence-corrected chi connectivity index (χ0v) is 15.8. The van der Waals surface area contributed by atoms with Gasteiger partial charge in [-0.15, -0.1) is 0 Å². The topological polar surface area (TPSA) is 77.7 Å². The van der Waals surface area contributed by atoms with Crippen LogP contribution in [0.5, 0.6) is 0 Å². The molecule has 3 aromatic rings. The third-order valence-electron chi connectivity index (χ3n) is 4.06. The lowest BCUT2D eigenvalue weighted by Crippen LogP contribution is -2.16. The molecule has 0 amide bonds. The summed E-state index contributed by atoms with van der Waals surface area (Å²) >= 11 is 5.79. The highest BCUT2D eigenvalue weighted by atomic mass is 35.5. The van der Waals surface area contributed by atoms with Crippen LogP contribution in [0.25, 0.3) is 11.2 Å². The zero-order valence-electron chi connectivity index (χ0n) is 14.2. The quantitative estimate of drug-likeness (QED) is 0.638. The summed E-state index contributed by atoms with van der Waals surface area (Å²) < 4.78 is 65.9. The van der Waals surface area contributed by atoms with Crippen molar-refractivity contribution in [1.29, 1.82) is 0 Å². The minimum Gasteiger partial charge on any atom is -0.312 e. The minimum absolute atomic E-state index is 0.0381. The van der Waals surface area contributed by atoms with Gasteiger partial charge in [-0.25, -0.2) is 23.4 Å². The summed E-state index contributed by atoms with van der Waals surface area (Å²) in [4.78, 5) is 11.0. The van der Waals surface area contributed by atoms with Crippen LogP contribution in [0.2, 0.25) is 5.02 Å². The van der Waals surface area contributed by atoms with Crippen LogP contribution < -0.4 is 0 Å². The average molecular weight is 419 g/mol. The van der Waals surface area contributed by atoms with E-state index in [1.807, 2.05) is 0 Å². The Balaban J connectivity index is 2.14. The molecular weight excluding hydrogens is 405 g/mol. The predicted molar refractivity (Wildman–Crippen MR) is 93.1 cm³/mol. The molecule has 3 rings (SSSR count). The first-order valence-electron chi connectivity index (χ1n) is 7.85. The fraction of sp³-hybridized carbons (Fsp3) is 0.312. The lowest BCUT2D eigenvalue weighted by atomic mass is 10.4. The van der Waals surface area contributed by atoms with Crippen molar-refractivity contribution in [3.05, 3.63) is 47.1 Å². The van der Waals surface area contributed by atoms with Gasteiger partial charge in [0.25, 0.3) is 0 Å². The molecule has 0 saturated carbocycles. The molecule has 0 saturated heterocycles. The van der Waals surface area contributed by atoms with Gasteiger partial charge in [0.15, 0.2) is 15.5 Å². The molecule has 1 aromatic carbocycles. The van der Waals surface area contributed by atoms with Gasteiger partial charge in [0.2, 0.25) is 5.82 Å². The summed E-state index contributed by atoms with van der Waals surface area (Å²) in [5.74, 6) is -1.21. The Kier molecular flexibility index (Phi) is 4.89. The number of imidazole rings is 1. The van der Waals surface area contributed by atoms with Crippen LogP contribution in [0.3, 0.4) is 0 Å². The second-order valence-electron chi connectivity index (χ2n) is 5.76. The normalized spacial score (nSPS) is 13.9. The molecule has 0 fully saturated rings. The van der Waals surface area contributed by atoms with Crippen LogP contribution in [0.15, 0.2) is 35.4 Å². The van der Waals surface area contributed by atoms with Gasteiger partial charge in [-0.3, -0.25) is 0 Å². The Hall–Kier alpha value is -2.20. The van der Waals surface area contributed by atoms with Crippen molar-refractivity contribution >= 4 is 32.6 Å². The van der Waals surface area contributed by atoms with Gasteiger partial charge in [0, 0.05) is 11.6 Å². The monoisotopic (exact) mass is 418 g/mol. The first-order valence-corrected chi connectivity index (χ1v) is 9.78. The van der Waals surface area contributed by atoms with Crippen molar-refractivity contribution in [3.8, 4) is 0 Å².